The highest BCUT2D eigenvalue weighted by molar-refractivity contribution is 9.58. The first-order valence-electron chi connectivity index (χ1n) is 2.92. The van der Waals surface area contributed by atoms with Crippen molar-refractivity contribution >= 4 is 39.2 Å². The van der Waals surface area contributed by atoms with Crippen LogP contribution in [0.5, 0.6) is 0 Å². The fourth-order valence-electron chi connectivity index (χ4n) is 0.511. The lowest BCUT2D eigenvalue weighted by molar-refractivity contribution is 0.322. The normalized spacial score (nSPS) is 20.8. The van der Waals surface area contributed by atoms with Crippen LogP contribution in [0.15, 0.2) is 11.1 Å². The van der Waals surface area contributed by atoms with E-state index < -0.39 is 8.46 Å². The van der Waals surface area contributed by atoms with Gasteiger partial charge in [0.1, 0.15) is 0 Å². The Morgan fingerprint density at radius 3 is 2.60 bits per heavy atom. The third kappa shape index (κ3) is 5.77. The van der Waals surface area contributed by atoms with Gasteiger partial charge in [0.05, 0.1) is 6.61 Å². The first kappa shape index (κ1) is 11.0. The van der Waals surface area contributed by atoms with Crippen molar-refractivity contribution in [2.45, 2.75) is 0 Å². The van der Waals surface area contributed by atoms with Crippen LogP contribution in [0.25, 0.3) is 0 Å². The van der Waals surface area contributed by atoms with E-state index in [4.69, 9.17) is 5.11 Å². The summed E-state index contributed by atoms with van der Waals surface area (Å²) in [7, 11) is -0.748. The first-order valence-corrected chi connectivity index (χ1v) is 8.05. The van der Waals surface area contributed by atoms with Crippen molar-refractivity contribution in [3.63, 3.8) is 0 Å². The molecule has 1 atom stereocenters. The second-order valence-electron chi connectivity index (χ2n) is 2.11. The lowest BCUT2D eigenvalue weighted by atomic mass is 10.8. The fourth-order valence-corrected chi connectivity index (χ4v) is 2.88. The van der Waals surface area contributed by atoms with Crippen LogP contribution >= 0.6 is 39.2 Å². The standard InChI is InChI=1S/C6H12Br2OS/c1-10(8,6-4-9)5-2-3-7/h2-3,9H,4-6H2,1H3/b3-2+. The van der Waals surface area contributed by atoms with Gasteiger partial charge in [0.2, 0.25) is 0 Å². The molecule has 0 saturated heterocycles. The predicted octanol–water partition coefficient (Wildman–Crippen LogP) is 2.63. The molecule has 1 nitrogen and oxygen atoms in total. The highest BCUT2D eigenvalue weighted by atomic mass is 79.9. The van der Waals surface area contributed by atoms with E-state index in [1.54, 1.807) is 0 Å². The summed E-state index contributed by atoms with van der Waals surface area (Å²) < 4.78 is 0. The van der Waals surface area contributed by atoms with Crippen LogP contribution in [-0.4, -0.2) is 29.5 Å². The number of halogens is 2. The maximum absolute atomic E-state index is 8.66. The Morgan fingerprint density at radius 1 is 1.60 bits per heavy atom. The summed E-state index contributed by atoms with van der Waals surface area (Å²) in [5, 5.41) is 8.66. The van der Waals surface area contributed by atoms with E-state index in [0.717, 1.165) is 11.5 Å². The number of hydrogen-bond donors (Lipinski definition) is 1. The van der Waals surface area contributed by atoms with Crippen molar-refractivity contribution in [3.05, 3.63) is 11.1 Å². The van der Waals surface area contributed by atoms with Crippen LogP contribution in [0.4, 0.5) is 0 Å². The Labute approximate surface area is 79.5 Å². The molecule has 0 aromatic heterocycles. The highest BCUT2D eigenvalue weighted by Crippen LogP contribution is 2.51. The van der Waals surface area contributed by atoms with Gasteiger partial charge >= 0.3 is 0 Å². The maximum atomic E-state index is 8.66. The topological polar surface area (TPSA) is 20.2 Å². The van der Waals surface area contributed by atoms with E-state index >= 15 is 0 Å². The lowest BCUT2D eigenvalue weighted by Gasteiger charge is -2.25. The quantitative estimate of drug-likeness (QED) is 0.844. The molecular formula is C6H12Br2OS. The van der Waals surface area contributed by atoms with E-state index in [2.05, 4.69) is 43.1 Å². The minimum atomic E-state index is -0.748. The molecule has 0 aliphatic carbocycles. The van der Waals surface area contributed by atoms with Gasteiger partial charge < -0.3 is 5.11 Å². The molecule has 0 aliphatic heterocycles. The summed E-state index contributed by atoms with van der Waals surface area (Å²) >= 11 is 6.80. The summed E-state index contributed by atoms with van der Waals surface area (Å²) in [6, 6.07) is 0. The summed E-state index contributed by atoms with van der Waals surface area (Å²) in [5.74, 6) is 1.88. The zero-order valence-electron chi connectivity index (χ0n) is 5.89. The monoisotopic (exact) mass is 290 g/mol. The summed E-state index contributed by atoms with van der Waals surface area (Å²) in [6.45, 7) is 0.271. The second kappa shape index (κ2) is 5.63. The predicted molar refractivity (Wildman–Crippen MR) is 57.3 cm³/mol. The van der Waals surface area contributed by atoms with Crippen LogP contribution in [0.3, 0.4) is 0 Å². The van der Waals surface area contributed by atoms with Crippen LogP contribution in [0.1, 0.15) is 0 Å². The largest absolute Gasteiger partial charge is 0.396 e. The summed E-state index contributed by atoms with van der Waals surface area (Å²) in [6.07, 6.45) is 4.20. The zero-order valence-corrected chi connectivity index (χ0v) is 9.88. The molecule has 10 heavy (non-hydrogen) atoms. The van der Waals surface area contributed by atoms with Gasteiger partial charge in [-0.2, -0.15) is 8.46 Å². The minimum Gasteiger partial charge on any atom is -0.396 e. The van der Waals surface area contributed by atoms with Gasteiger partial charge in [-0.05, 0) is 26.1 Å². The van der Waals surface area contributed by atoms with E-state index in [1.807, 2.05) is 4.99 Å². The minimum absolute atomic E-state index is 0.271. The van der Waals surface area contributed by atoms with Crippen LogP contribution in [0.2, 0.25) is 0 Å². The van der Waals surface area contributed by atoms with Gasteiger partial charge in [-0.3, -0.25) is 0 Å². The van der Waals surface area contributed by atoms with Crippen LogP contribution < -0.4 is 0 Å². The summed E-state index contributed by atoms with van der Waals surface area (Å²) in [5.41, 5.74) is 0. The van der Waals surface area contributed by atoms with Gasteiger partial charge in [0.25, 0.3) is 0 Å². The Kier molecular flexibility index (Phi) is 6.20. The molecule has 0 bridgehead atoms. The molecule has 0 amide bonds. The molecule has 62 valence electrons. The van der Waals surface area contributed by atoms with E-state index in [0.29, 0.717) is 0 Å². The van der Waals surface area contributed by atoms with Crippen molar-refractivity contribution in [2.75, 3.05) is 24.4 Å². The van der Waals surface area contributed by atoms with Gasteiger partial charge in [-0.15, -0.1) is 0 Å². The number of rotatable bonds is 4. The Morgan fingerprint density at radius 2 is 2.20 bits per heavy atom. The third-order valence-corrected chi connectivity index (χ3v) is 5.11. The lowest BCUT2D eigenvalue weighted by Crippen LogP contribution is -2.02. The molecule has 0 rings (SSSR count). The van der Waals surface area contributed by atoms with Crippen molar-refractivity contribution in [2.24, 2.45) is 0 Å². The molecule has 0 radical (unpaired) electrons. The molecule has 0 aromatic carbocycles. The van der Waals surface area contributed by atoms with Crippen molar-refractivity contribution in [3.8, 4) is 0 Å². The number of aliphatic hydroxyl groups is 1. The summed E-state index contributed by atoms with van der Waals surface area (Å²) in [4.78, 5) is 1.86. The van der Waals surface area contributed by atoms with E-state index in [-0.39, 0.29) is 6.61 Å². The highest BCUT2D eigenvalue weighted by Gasteiger charge is 2.09. The Balaban J connectivity index is 3.62. The average Bonchev–Trinajstić information content (AvgIpc) is 1.84. The van der Waals surface area contributed by atoms with Crippen molar-refractivity contribution in [1.82, 2.24) is 0 Å². The van der Waals surface area contributed by atoms with Crippen LogP contribution in [-0.2, 0) is 0 Å². The van der Waals surface area contributed by atoms with Gasteiger partial charge in [0.15, 0.2) is 0 Å². The molecule has 0 spiro atoms. The van der Waals surface area contributed by atoms with Gasteiger partial charge in [0, 0.05) is 11.5 Å². The maximum Gasteiger partial charge on any atom is 0.0514 e. The molecule has 4 heteroatoms. The molecule has 0 saturated carbocycles. The fraction of sp³-hybridized carbons (Fsp3) is 0.667. The molecule has 0 aromatic rings. The zero-order chi connectivity index (χ0) is 8.04. The van der Waals surface area contributed by atoms with Crippen molar-refractivity contribution in [1.29, 1.82) is 0 Å². The molecule has 0 heterocycles. The second-order valence-corrected chi connectivity index (χ2v) is 10.4. The molecular weight excluding hydrogens is 280 g/mol. The Bertz CT molecular complexity index is 114. The third-order valence-electron chi connectivity index (χ3n) is 1.05. The number of hydrogen-bond acceptors (Lipinski definition) is 1. The Hall–Kier alpha value is 1.01. The first-order chi connectivity index (χ1) is 4.62. The molecule has 0 fully saturated rings. The number of aliphatic hydroxyl groups excluding tert-OH is 1. The van der Waals surface area contributed by atoms with Crippen LogP contribution in [0, 0.1) is 0 Å². The van der Waals surface area contributed by atoms with E-state index in [1.165, 1.54) is 0 Å². The van der Waals surface area contributed by atoms with Gasteiger partial charge in [-0.1, -0.05) is 22.0 Å². The smallest absolute Gasteiger partial charge is 0.0514 e. The molecule has 1 unspecified atom stereocenters. The van der Waals surface area contributed by atoms with Gasteiger partial charge in [-0.25, -0.2) is 0 Å². The average molecular weight is 292 g/mol. The van der Waals surface area contributed by atoms with E-state index in [9.17, 15) is 0 Å². The van der Waals surface area contributed by atoms with Crippen molar-refractivity contribution < 1.29 is 5.11 Å². The SMILES string of the molecule is CS(Br)(C/C=C/Br)CCO. The molecule has 1 N–H and O–H groups in total. The molecule has 0 aliphatic rings.